The molecule has 2 aromatic rings. The summed E-state index contributed by atoms with van der Waals surface area (Å²) in [4.78, 5) is 37.2. The first-order chi connectivity index (χ1) is 16.5. The molecule has 0 aliphatic heterocycles. The van der Waals surface area contributed by atoms with Crippen LogP contribution in [0.5, 0.6) is 0 Å². The molecule has 1 atom stereocenters. The maximum atomic E-state index is 13.0. The zero-order chi connectivity index (χ0) is 25.8. The van der Waals surface area contributed by atoms with Crippen molar-refractivity contribution < 1.29 is 24.2 Å². The summed E-state index contributed by atoms with van der Waals surface area (Å²) in [5.41, 5.74) is 2.43. The number of carboxylic acids is 1. The number of alkyl carbamates (subject to hydrolysis) is 1. The van der Waals surface area contributed by atoms with Crippen LogP contribution in [-0.2, 0) is 14.3 Å². The van der Waals surface area contributed by atoms with Gasteiger partial charge >= 0.3 is 12.1 Å². The second-order valence-electron chi connectivity index (χ2n) is 10.2. The molecule has 0 saturated heterocycles. The van der Waals surface area contributed by atoms with E-state index in [0.717, 1.165) is 28.7 Å². The Morgan fingerprint density at radius 1 is 0.971 bits per heavy atom. The van der Waals surface area contributed by atoms with Gasteiger partial charge in [-0.3, -0.25) is 9.59 Å². The molecule has 0 saturated carbocycles. The van der Waals surface area contributed by atoms with Crippen molar-refractivity contribution in [2.75, 3.05) is 13.2 Å². The highest BCUT2D eigenvalue weighted by atomic mass is 16.5. The van der Waals surface area contributed by atoms with E-state index in [4.69, 9.17) is 4.74 Å². The molecule has 2 aromatic carbocycles. The highest BCUT2D eigenvalue weighted by Gasteiger charge is 2.45. The molecule has 0 fully saturated rings. The standard InChI is InChI=1S/C28H36N2O5/c1-6-11-18(24(31)30-28(4,5)27(2,3)25(32)33)16-29-26(34)35-17-23-21-14-9-7-12-19(21)20-13-8-10-15-22(20)23/h7-10,12-15,18,23H,6,11,16-17H2,1-5H3,(H,29,34)(H,30,31)(H,32,33). The largest absolute Gasteiger partial charge is 0.481 e. The summed E-state index contributed by atoms with van der Waals surface area (Å²) < 4.78 is 5.58. The first kappa shape index (κ1) is 26.3. The predicted molar refractivity (Wildman–Crippen MR) is 135 cm³/mol. The van der Waals surface area contributed by atoms with Crippen LogP contribution >= 0.6 is 0 Å². The first-order valence-corrected chi connectivity index (χ1v) is 12.1. The number of hydrogen-bond acceptors (Lipinski definition) is 4. The van der Waals surface area contributed by atoms with Crippen LogP contribution < -0.4 is 10.6 Å². The second kappa shape index (κ2) is 10.5. The molecule has 0 heterocycles. The number of ether oxygens (including phenoxy) is 1. The lowest BCUT2D eigenvalue weighted by atomic mass is 9.74. The summed E-state index contributed by atoms with van der Waals surface area (Å²) >= 11 is 0. The van der Waals surface area contributed by atoms with Crippen molar-refractivity contribution in [3.63, 3.8) is 0 Å². The maximum absolute atomic E-state index is 13.0. The van der Waals surface area contributed by atoms with Crippen LogP contribution in [0.1, 0.15) is 64.5 Å². The molecule has 1 aliphatic carbocycles. The average molecular weight is 481 g/mol. The van der Waals surface area contributed by atoms with E-state index >= 15 is 0 Å². The Labute approximate surface area is 207 Å². The smallest absolute Gasteiger partial charge is 0.407 e. The van der Waals surface area contributed by atoms with Crippen molar-refractivity contribution in [2.45, 2.75) is 58.9 Å². The van der Waals surface area contributed by atoms with Gasteiger partial charge in [0.15, 0.2) is 0 Å². The van der Waals surface area contributed by atoms with Crippen molar-refractivity contribution in [2.24, 2.45) is 11.3 Å². The van der Waals surface area contributed by atoms with E-state index in [1.54, 1.807) is 27.7 Å². The van der Waals surface area contributed by atoms with E-state index in [-0.39, 0.29) is 25.0 Å². The summed E-state index contributed by atoms with van der Waals surface area (Å²) in [7, 11) is 0. The summed E-state index contributed by atoms with van der Waals surface area (Å²) in [6.45, 7) is 8.82. The number of fused-ring (bicyclic) bond motifs is 3. The summed E-state index contributed by atoms with van der Waals surface area (Å²) in [5, 5.41) is 15.2. The summed E-state index contributed by atoms with van der Waals surface area (Å²) in [6.07, 6.45) is 0.720. The molecule has 0 aromatic heterocycles. The van der Waals surface area contributed by atoms with Crippen LogP contribution in [-0.4, -0.2) is 41.8 Å². The minimum Gasteiger partial charge on any atom is -0.481 e. The van der Waals surface area contributed by atoms with Crippen LogP contribution in [0.15, 0.2) is 48.5 Å². The van der Waals surface area contributed by atoms with Gasteiger partial charge in [-0.2, -0.15) is 0 Å². The third kappa shape index (κ3) is 5.50. The predicted octanol–water partition coefficient (Wildman–Crippen LogP) is 4.95. The van der Waals surface area contributed by atoms with Gasteiger partial charge in [0.25, 0.3) is 0 Å². The number of hydrogen-bond donors (Lipinski definition) is 3. The van der Waals surface area contributed by atoms with Crippen LogP contribution in [0.2, 0.25) is 0 Å². The van der Waals surface area contributed by atoms with Crippen LogP contribution in [0.25, 0.3) is 11.1 Å². The van der Waals surface area contributed by atoms with Crippen LogP contribution in [0, 0.1) is 11.3 Å². The van der Waals surface area contributed by atoms with Gasteiger partial charge in [0, 0.05) is 18.0 Å². The van der Waals surface area contributed by atoms with Gasteiger partial charge in [-0.1, -0.05) is 61.9 Å². The fourth-order valence-electron chi connectivity index (χ4n) is 4.36. The quantitative estimate of drug-likeness (QED) is 0.446. The molecule has 7 heteroatoms. The first-order valence-electron chi connectivity index (χ1n) is 12.1. The number of aliphatic carboxylic acids is 1. The lowest BCUT2D eigenvalue weighted by Crippen LogP contribution is -2.58. The zero-order valence-electron chi connectivity index (χ0n) is 21.2. The average Bonchev–Trinajstić information content (AvgIpc) is 3.13. The number of carboxylic acid groups (broad SMARTS) is 1. The van der Waals surface area contributed by atoms with Crippen molar-refractivity contribution >= 4 is 18.0 Å². The van der Waals surface area contributed by atoms with Crippen molar-refractivity contribution in [1.82, 2.24) is 10.6 Å². The molecule has 35 heavy (non-hydrogen) atoms. The fourth-order valence-corrected chi connectivity index (χ4v) is 4.36. The van der Waals surface area contributed by atoms with Crippen molar-refractivity contribution in [1.29, 1.82) is 0 Å². The Balaban J connectivity index is 1.60. The molecule has 0 bridgehead atoms. The normalized spacial score (nSPS) is 14.0. The molecule has 1 aliphatic rings. The Hall–Kier alpha value is -3.35. The molecule has 188 valence electrons. The van der Waals surface area contributed by atoms with Crippen LogP contribution in [0.3, 0.4) is 0 Å². The van der Waals surface area contributed by atoms with E-state index in [1.807, 2.05) is 31.2 Å². The molecule has 3 rings (SSSR count). The highest BCUT2D eigenvalue weighted by molar-refractivity contribution is 5.83. The van der Waals surface area contributed by atoms with E-state index in [9.17, 15) is 19.5 Å². The Bertz CT molecular complexity index is 1050. The molecule has 2 amide bonds. The minimum atomic E-state index is -1.17. The van der Waals surface area contributed by atoms with Gasteiger partial charge in [0.05, 0.1) is 11.3 Å². The van der Waals surface area contributed by atoms with Gasteiger partial charge in [-0.15, -0.1) is 0 Å². The molecule has 3 N–H and O–H groups in total. The molecule has 0 radical (unpaired) electrons. The summed E-state index contributed by atoms with van der Waals surface area (Å²) in [6, 6.07) is 16.3. The second-order valence-corrected chi connectivity index (χ2v) is 10.2. The molecule has 1 unspecified atom stereocenters. The zero-order valence-corrected chi connectivity index (χ0v) is 21.2. The number of rotatable bonds is 10. The molecule has 7 nitrogen and oxygen atoms in total. The van der Waals surface area contributed by atoms with E-state index < -0.39 is 28.9 Å². The lowest BCUT2D eigenvalue weighted by Gasteiger charge is -2.39. The van der Waals surface area contributed by atoms with Gasteiger partial charge in [0.2, 0.25) is 5.91 Å². The SMILES string of the molecule is CCCC(CNC(=O)OCC1c2ccccc2-c2ccccc21)C(=O)NC(C)(C)C(C)(C)C(=O)O. The van der Waals surface area contributed by atoms with E-state index in [2.05, 4.69) is 34.9 Å². The third-order valence-corrected chi connectivity index (χ3v) is 7.38. The lowest BCUT2D eigenvalue weighted by molar-refractivity contribution is -0.152. The fraction of sp³-hybridized carbons (Fsp3) is 0.464. The Morgan fingerprint density at radius 3 is 2.03 bits per heavy atom. The Kier molecular flexibility index (Phi) is 7.88. The minimum absolute atomic E-state index is 0.0399. The van der Waals surface area contributed by atoms with Crippen molar-refractivity contribution in [3.05, 3.63) is 59.7 Å². The number of nitrogens with one attached hydrogen (secondary N) is 2. The van der Waals surface area contributed by atoms with Gasteiger partial charge in [-0.05, 0) is 56.4 Å². The number of carbonyl (C=O) groups excluding carboxylic acids is 2. The van der Waals surface area contributed by atoms with E-state index in [1.165, 1.54) is 0 Å². The maximum Gasteiger partial charge on any atom is 0.407 e. The molecular weight excluding hydrogens is 444 g/mol. The topological polar surface area (TPSA) is 105 Å². The highest BCUT2D eigenvalue weighted by Crippen LogP contribution is 2.44. The number of amides is 2. The number of carbonyl (C=O) groups is 3. The van der Waals surface area contributed by atoms with E-state index in [0.29, 0.717) is 6.42 Å². The van der Waals surface area contributed by atoms with Gasteiger partial charge < -0.3 is 20.5 Å². The monoisotopic (exact) mass is 480 g/mol. The third-order valence-electron chi connectivity index (χ3n) is 7.38. The summed E-state index contributed by atoms with van der Waals surface area (Å²) in [5.74, 6) is -1.82. The van der Waals surface area contributed by atoms with Gasteiger partial charge in [0.1, 0.15) is 6.61 Å². The number of benzene rings is 2. The van der Waals surface area contributed by atoms with Crippen molar-refractivity contribution in [3.8, 4) is 11.1 Å². The molecule has 0 spiro atoms. The van der Waals surface area contributed by atoms with Gasteiger partial charge in [-0.25, -0.2) is 4.79 Å². The van der Waals surface area contributed by atoms with Crippen LogP contribution in [0.4, 0.5) is 4.79 Å². The Morgan fingerprint density at radius 2 is 1.51 bits per heavy atom. The molecular formula is C28H36N2O5.